The molecule has 1 heterocycles. The lowest BCUT2D eigenvalue weighted by Gasteiger charge is -2.16. The molecule has 1 aliphatic rings. The van der Waals surface area contributed by atoms with Gasteiger partial charge in [-0.1, -0.05) is 6.92 Å². The van der Waals surface area contributed by atoms with Crippen molar-refractivity contribution >= 4 is 23.4 Å². The van der Waals surface area contributed by atoms with Gasteiger partial charge in [-0.15, -0.1) is 11.8 Å². The van der Waals surface area contributed by atoms with Gasteiger partial charge in [-0.3, -0.25) is 4.79 Å². The Hall–Kier alpha value is -1.00. The molecule has 1 aromatic carbocycles. The second-order valence-corrected chi connectivity index (χ2v) is 5.24. The molecular weight excluding hydrogens is 232 g/mol. The summed E-state index contributed by atoms with van der Waals surface area (Å²) in [6, 6.07) is 6.20. The molecule has 1 aromatic rings. The maximum atomic E-state index is 11.6. The Labute approximate surface area is 106 Å². The number of carbonyl (C=O) groups is 1. The first-order valence-electron chi connectivity index (χ1n) is 6.06. The molecular formula is C13H18N2OS. The summed E-state index contributed by atoms with van der Waals surface area (Å²) in [7, 11) is 0. The lowest BCUT2D eigenvalue weighted by Crippen LogP contribution is -2.27. The van der Waals surface area contributed by atoms with E-state index in [0.717, 1.165) is 18.7 Å². The highest BCUT2D eigenvalue weighted by Crippen LogP contribution is 2.31. The van der Waals surface area contributed by atoms with E-state index in [1.54, 1.807) is 0 Å². The fraction of sp³-hybridized carbons (Fsp3) is 0.462. The van der Waals surface area contributed by atoms with Crippen molar-refractivity contribution in [2.45, 2.75) is 24.7 Å². The van der Waals surface area contributed by atoms with Crippen molar-refractivity contribution in [2.24, 2.45) is 0 Å². The van der Waals surface area contributed by atoms with Crippen LogP contribution in [-0.2, 0) is 11.2 Å². The molecule has 1 aliphatic heterocycles. The molecule has 0 unspecified atom stereocenters. The van der Waals surface area contributed by atoms with E-state index in [-0.39, 0.29) is 5.91 Å². The van der Waals surface area contributed by atoms with E-state index in [2.05, 4.69) is 22.8 Å². The third kappa shape index (κ3) is 3.48. The molecule has 3 nitrogen and oxygen atoms in total. The summed E-state index contributed by atoms with van der Waals surface area (Å²) in [4.78, 5) is 12.9. The molecule has 0 saturated carbocycles. The van der Waals surface area contributed by atoms with Crippen LogP contribution in [0.5, 0.6) is 0 Å². The van der Waals surface area contributed by atoms with Gasteiger partial charge < -0.3 is 10.6 Å². The summed E-state index contributed by atoms with van der Waals surface area (Å²) >= 11 is 1.91. The smallest absolute Gasteiger partial charge is 0.238 e. The van der Waals surface area contributed by atoms with Crippen LogP contribution in [0, 0.1) is 0 Å². The molecule has 0 bridgehead atoms. The second-order valence-electron chi connectivity index (χ2n) is 4.10. The number of hydrogen-bond acceptors (Lipinski definition) is 3. The fourth-order valence-electron chi connectivity index (χ4n) is 1.88. The first-order chi connectivity index (χ1) is 8.29. The van der Waals surface area contributed by atoms with Crippen LogP contribution in [0.3, 0.4) is 0 Å². The van der Waals surface area contributed by atoms with Crippen molar-refractivity contribution in [1.82, 2.24) is 5.32 Å². The third-order valence-electron chi connectivity index (χ3n) is 2.73. The van der Waals surface area contributed by atoms with Gasteiger partial charge in [0.05, 0.1) is 6.54 Å². The summed E-state index contributed by atoms with van der Waals surface area (Å²) in [5, 5.41) is 5.93. The van der Waals surface area contributed by atoms with E-state index in [1.165, 1.54) is 22.6 Å². The van der Waals surface area contributed by atoms with Crippen molar-refractivity contribution in [2.75, 3.05) is 24.2 Å². The quantitative estimate of drug-likeness (QED) is 0.861. The van der Waals surface area contributed by atoms with Gasteiger partial charge in [-0.2, -0.15) is 0 Å². The van der Waals surface area contributed by atoms with Crippen LogP contribution in [0.2, 0.25) is 0 Å². The lowest BCUT2D eigenvalue weighted by molar-refractivity contribution is -0.115. The molecule has 2 N–H and O–H groups in total. The number of carbonyl (C=O) groups excluding carboxylic acids is 1. The maximum absolute atomic E-state index is 11.6. The SMILES string of the molecule is CCNCC(=O)Nc1ccc2c(c1)CCCS2. The molecule has 0 aliphatic carbocycles. The van der Waals surface area contributed by atoms with Crippen molar-refractivity contribution in [3.05, 3.63) is 23.8 Å². The number of amides is 1. The van der Waals surface area contributed by atoms with Gasteiger partial charge in [0, 0.05) is 10.6 Å². The first kappa shape index (κ1) is 12.5. The summed E-state index contributed by atoms with van der Waals surface area (Å²) in [5.74, 6) is 1.23. The van der Waals surface area contributed by atoms with Crippen molar-refractivity contribution in [1.29, 1.82) is 0 Å². The van der Waals surface area contributed by atoms with E-state index >= 15 is 0 Å². The number of anilines is 1. The Kier molecular flexibility index (Phi) is 4.45. The number of rotatable bonds is 4. The van der Waals surface area contributed by atoms with E-state index in [4.69, 9.17) is 0 Å². The Morgan fingerprint density at radius 2 is 2.35 bits per heavy atom. The predicted molar refractivity (Wildman–Crippen MR) is 72.7 cm³/mol. The average molecular weight is 250 g/mol. The van der Waals surface area contributed by atoms with Gasteiger partial charge in [-0.25, -0.2) is 0 Å². The Morgan fingerprint density at radius 3 is 3.18 bits per heavy atom. The van der Waals surface area contributed by atoms with Crippen molar-refractivity contribution < 1.29 is 4.79 Å². The van der Waals surface area contributed by atoms with Crippen LogP contribution in [0.1, 0.15) is 18.9 Å². The molecule has 1 amide bonds. The summed E-state index contributed by atoms with van der Waals surface area (Å²) < 4.78 is 0. The second kappa shape index (κ2) is 6.07. The van der Waals surface area contributed by atoms with Crippen LogP contribution >= 0.6 is 11.8 Å². The third-order valence-corrected chi connectivity index (χ3v) is 3.93. The minimum Gasteiger partial charge on any atom is -0.325 e. The molecule has 0 spiro atoms. The van der Waals surface area contributed by atoms with E-state index in [9.17, 15) is 4.79 Å². The van der Waals surface area contributed by atoms with Crippen molar-refractivity contribution in [3.63, 3.8) is 0 Å². The number of benzene rings is 1. The molecule has 0 aromatic heterocycles. The summed E-state index contributed by atoms with van der Waals surface area (Å²) in [5.41, 5.74) is 2.27. The average Bonchev–Trinajstić information content (AvgIpc) is 2.36. The highest BCUT2D eigenvalue weighted by Gasteiger charge is 2.10. The predicted octanol–water partition coefficient (Wildman–Crippen LogP) is 2.27. The van der Waals surface area contributed by atoms with E-state index in [1.807, 2.05) is 24.8 Å². The van der Waals surface area contributed by atoms with Gasteiger partial charge in [0.1, 0.15) is 0 Å². The van der Waals surface area contributed by atoms with Crippen LogP contribution in [-0.4, -0.2) is 24.7 Å². The molecule has 4 heteroatoms. The highest BCUT2D eigenvalue weighted by molar-refractivity contribution is 7.99. The van der Waals surface area contributed by atoms with Crippen LogP contribution in [0.15, 0.2) is 23.1 Å². The highest BCUT2D eigenvalue weighted by atomic mass is 32.2. The van der Waals surface area contributed by atoms with Gasteiger partial charge in [0.2, 0.25) is 5.91 Å². The molecule has 0 saturated heterocycles. The Morgan fingerprint density at radius 1 is 1.47 bits per heavy atom. The van der Waals surface area contributed by atoms with Gasteiger partial charge in [0.15, 0.2) is 0 Å². The number of thioether (sulfide) groups is 1. The number of aryl methyl sites for hydroxylation is 1. The number of fused-ring (bicyclic) bond motifs is 1. The summed E-state index contributed by atoms with van der Waals surface area (Å²) in [6.07, 6.45) is 2.35. The normalized spacial score (nSPS) is 14.2. The van der Waals surface area contributed by atoms with E-state index < -0.39 is 0 Å². The molecule has 17 heavy (non-hydrogen) atoms. The zero-order valence-corrected chi connectivity index (χ0v) is 10.9. The number of likely N-dealkylation sites (N-methyl/N-ethyl adjacent to an activating group) is 1. The van der Waals surface area contributed by atoms with Gasteiger partial charge in [0.25, 0.3) is 0 Å². The zero-order valence-electron chi connectivity index (χ0n) is 10.1. The largest absolute Gasteiger partial charge is 0.325 e. The minimum atomic E-state index is 0.0234. The van der Waals surface area contributed by atoms with Crippen LogP contribution in [0.25, 0.3) is 0 Å². The molecule has 2 rings (SSSR count). The topological polar surface area (TPSA) is 41.1 Å². The monoisotopic (exact) mass is 250 g/mol. The van der Waals surface area contributed by atoms with E-state index in [0.29, 0.717) is 6.54 Å². The van der Waals surface area contributed by atoms with Gasteiger partial charge in [-0.05, 0) is 48.9 Å². The lowest BCUT2D eigenvalue weighted by atomic mass is 10.1. The molecule has 0 fully saturated rings. The van der Waals surface area contributed by atoms with Crippen LogP contribution < -0.4 is 10.6 Å². The first-order valence-corrected chi connectivity index (χ1v) is 7.04. The minimum absolute atomic E-state index is 0.0234. The standard InChI is InChI=1S/C13H18N2OS/c1-2-14-9-13(16)15-11-5-6-12-10(8-11)4-3-7-17-12/h5-6,8,14H,2-4,7,9H2,1H3,(H,15,16). The number of hydrogen-bond donors (Lipinski definition) is 2. The number of nitrogens with one attached hydrogen (secondary N) is 2. The Bertz CT molecular complexity index is 406. The van der Waals surface area contributed by atoms with Gasteiger partial charge >= 0.3 is 0 Å². The maximum Gasteiger partial charge on any atom is 0.238 e. The molecule has 0 atom stereocenters. The molecule has 0 radical (unpaired) electrons. The fourth-order valence-corrected chi connectivity index (χ4v) is 2.90. The summed E-state index contributed by atoms with van der Waals surface area (Å²) in [6.45, 7) is 3.18. The Balaban J connectivity index is 1.99. The zero-order chi connectivity index (χ0) is 12.1. The van der Waals surface area contributed by atoms with Crippen LogP contribution in [0.4, 0.5) is 5.69 Å². The molecule has 92 valence electrons. The van der Waals surface area contributed by atoms with Crippen molar-refractivity contribution in [3.8, 4) is 0 Å².